The molecule has 4 aromatic rings. The molecular formula is C39H38O4. The highest BCUT2D eigenvalue weighted by Gasteiger charge is 2.45. The van der Waals surface area contributed by atoms with Crippen LogP contribution in [0.15, 0.2) is 121 Å². The number of carbonyl (C=O) groups excluding carboxylic acids is 2. The molecule has 0 N–H and O–H groups in total. The Morgan fingerprint density at radius 1 is 0.558 bits per heavy atom. The van der Waals surface area contributed by atoms with Gasteiger partial charge in [-0.3, -0.25) is 0 Å². The van der Waals surface area contributed by atoms with Crippen LogP contribution in [-0.4, -0.2) is 25.2 Å². The monoisotopic (exact) mass is 570 g/mol. The standard InChI is InChI=1S/C39H38O4/c1-27(2)37(40)42-25-13-23-39(24-14-26-43-38(41)28(3)4)35-31(29-15-7-5-8-16-29)19-11-21-33(35)34-22-12-20-32(36(34)39)30-17-9-6-10-18-30/h5-12,15-22H,1,3,13-14,23-26H2,2,4H3. The molecule has 0 saturated heterocycles. The Morgan fingerprint density at radius 3 is 1.30 bits per heavy atom. The first-order valence-electron chi connectivity index (χ1n) is 14.9. The van der Waals surface area contributed by atoms with Crippen molar-refractivity contribution in [1.29, 1.82) is 0 Å². The van der Waals surface area contributed by atoms with Crippen molar-refractivity contribution in [3.8, 4) is 33.4 Å². The van der Waals surface area contributed by atoms with E-state index in [1.807, 2.05) is 12.1 Å². The lowest BCUT2D eigenvalue weighted by molar-refractivity contribution is -0.139. The van der Waals surface area contributed by atoms with E-state index in [1.54, 1.807) is 13.8 Å². The highest BCUT2D eigenvalue weighted by molar-refractivity contribution is 5.93. The van der Waals surface area contributed by atoms with E-state index in [9.17, 15) is 9.59 Å². The first-order valence-corrected chi connectivity index (χ1v) is 14.9. The van der Waals surface area contributed by atoms with Crippen LogP contribution >= 0.6 is 0 Å². The Morgan fingerprint density at radius 2 is 0.930 bits per heavy atom. The van der Waals surface area contributed by atoms with E-state index >= 15 is 0 Å². The summed E-state index contributed by atoms with van der Waals surface area (Å²) in [4.78, 5) is 24.5. The third-order valence-electron chi connectivity index (χ3n) is 8.20. The zero-order chi connectivity index (χ0) is 30.4. The number of hydrogen-bond acceptors (Lipinski definition) is 4. The van der Waals surface area contributed by atoms with E-state index in [4.69, 9.17) is 9.47 Å². The van der Waals surface area contributed by atoms with E-state index in [0.717, 1.165) is 24.0 Å². The van der Waals surface area contributed by atoms with Gasteiger partial charge in [-0.05, 0) is 84.0 Å². The quantitative estimate of drug-likeness (QED) is 0.0968. The fourth-order valence-electron chi connectivity index (χ4n) is 6.38. The molecule has 0 aliphatic heterocycles. The van der Waals surface area contributed by atoms with Gasteiger partial charge in [0, 0.05) is 16.6 Å². The minimum Gasteiger partial charge on any atom is -0.462 e. The van der Waals surface area contributed by atoms with Crippen LogP contribution in [0.4, 0.5) is 0 Å². The van der Waals surface area contributed by atoms with E-state index in [2.05, 4.69) is 98.1 Å². The van der Waals surface area contributed by atoms with Crippen molar-refractivity contribution >= 4 is 11.9 Å². The average molecular weight is 571 g/mol. The molecule has 0 saturated carbocycles. The minimum atomic E-state index is -0.422. The second-order valence-corrected chi connectivity index (χ2v) is 11.3. The van der Waals surface area contributed by atoms with Crippen LogP contribution in [0, 0.1) is 0 Å². The summed E-state index contributed by atoms with van der Waals surface area (Å²) in [5.74, 6) is -0.745. The molecule has 43 heavy (non-hydrogen) atoms. The molecule has 1 aliphatic carbocycles. The molecule has 218 valence electrons. The van der Waals surface area contributed by atoms with E-state index < -0.39 is 5.41 Å². The number of hydrogen-bond donors (Lipinski definition) is 0. The minimum absolute atomic E-state index is 0.295. The molecule has 1 aliphatic rings. The van der Waals surface area contributed by atoms with Crippen molar-refractivity contribution in [2.24, 2.45) is 0 Å². The molecule has 5 rings (SSSR count). The highest BCUT2D eigenvalue weighted by atomic mass is 16.5. The van der Waals surface area contributed by atoms with Gasteiger partial charge in [-0.1, -0.05) is 110 Å². The molecule has 0 radical (unpaired) electrons. The summed E-state index contributed by atoms with van der Waals surface area (Å²) >= 11 is 0. The van der Waals surface area contributed by atoms with Crippen molar-refractivity contribution in [3.05, 3.63) is 132 Å². The molecule has 0 amide bonds. The number of carbonyl (C=O) groups is 2. The Balaban J connectivity index is 1.67. The lowest BCUT2D eigenvalue weighted by Crippen LogP contribution is -2.28. The van der Waals surface area contributed by atoms with Crippen LogP contribution in [-0.2, 0) is 24.5 Å². The van der Waals surface area contributed by atoms with Crippen molar-refractivity contribution in [3.63, 3.8) is 0 Å². The fourth-order valence-corrected chi connectivity index (χ4v) is 6.38. The molecule has 0 bridgehead atoms. The second-order valence-electron chi connectivity index (χ2n) is 11.3. The maximum atomic E-state index is 12.2. The van der Waals surface area contributed by atoms with Gasteiger partial charge in [0.05, 0.1) is 13.2 Å². The van der Waals surface area contributed by atoms with Crippen LogP contribution in [0.5, 0.6) is 0 Å². The fraction of sp³-hybridized carbons (Fsp3) is 0.231. The van der Waals surface area contributed by atoms with Gasteiger partial charge >= 0.3 is 11.9 Å². The Bertz CT molecular complexity index is 1520. The average Bonchev–Trinajstić information content (AvgIpc) is 3.32. The van der Waals surface area contributed by atoms with Gasteiger partial charge in [-0.2, -0.15) is 0 Å². The number of rotatable bonds is 12. The van der Waals surface area contributed by atoms with Gasteiger partial charge in [0.15, 0.2) is 0 Å². The summed E-state index contributed by atoms with van der Waals surface area (Å²) in [5.41, 5.74) is 10.0. The summed E-state index contributed by atoms with van der Waals surface area (Å²) in [6.07, 6.45) is 2.82. The first kappa shape index (κ1) is 29.8. The van der Waals surface area contributed by atoms with Crippen molar-refractivity contribution < 1.29 is 19.1 Å². The van der Waals surface area contributed by atoms with Crippen LogP contribution < -0.4 is 0 Å². The molecule has 0 atom stereocenters. The lowest BCUT2D eigenvalue weighted by Gasteiger charge is -2.35. The third-order valence-corrected chi connectivity index (χ3v) is 8.20. The number of esters is 2. The molecule has 4 heteroatoms. The topological polar surface area (TPSA) is 52.6 Å². The number of fused-ring (bicyclic) bond motifs is 3. The lowest BCUT2D eigenvalue weighted by atomic mass is 9.67. The zero-order valence-corrected chi connectivity index (χ0v) is 25.0. The second kappa shape index (κ2) is 13.1. The molecule has 4 aromatic carbocycles. The van der Waals surface area contributed by atoms with Crippen molar-refractivity contribution in [1.82, 2.24) is 0 Å². The summed E-state index contributed by atoms with van der Waals surface area (Å²) in [5, 5.41) is 0. The predicted octanol–water partition coefficient (Wildman–Crippen LogP) is 9.09. The molecule has 0 heterocycles. The summed E-state index contributed by atoms with van der Waals surface area (Å²) in [7, 11) is 0. The number of benzene rings is 4. The highest BCUT2D eigenvalue weighted by Crippen LogP contribution is 2.59. The Hall–Kier alpha value is -4.70. The zero-order valence-electron chi connectivity index (χ0n) is 25.0. The van der Waals surface area contributed by atoms with Gasteiger partial charge < -0.3 is 9.47 Å². The molecule has 0 unspecified atom stereocenters. The van der Waals surface area contributed by atoms with Gasteiger partial charge in [-0.15, -0.1) is 0 Å². The van der Waals surface area contributed by atoms with Crippen molar-refractivity contribution in [2.75, 3.05) is 13.2 Å². The molecule has 0 spiro atoms. The maximum Gasteiger partial charge on any atom is 0.333 e. The third kappa shape index (κ3) is 6.10. The van der Waals surface area contributed by atoms with E-state index in [0.29, 0.717) is 37.2 Å². The van der Waals surface area contributed by atoms with Crippen molar-refractivity contribution in [2.45, 2.75) is 44.9 Å². The summed E-state index contributed by atoms with van der Waals surface area (Å²) in [6.45, 7) is 11.4. The normalized spacial score (nSPS) is 12.6. The van der Waals surface area contributed by atoms with E-state index in [-0.39, 0.29) is 11.9 Å². The molecular weight excluding hydrogens is 532 g/mol. The number of ether oxygens (including phenoxy) is 2. The van der Waals surface area contributed by atoms with Gasteiger partial charge in [-0.25, -0.2) is 9.59 Å². The molecule has 0 aromatic heterocycles. The SMILES string of the molecule is C=C(C)C(=O)OCCCC1(CCCOC(=O)C(=C)C)c2c(-c3ccccc3)cccc2-c2cccc(-c3ccccc3)c21. The van der Waals surface area contributed by atoms with Crippen LogP contribution in [0.25, 0.3) is 33.4 Å². The van der Waals surface area contributed by atoms with Gasteiger partial charge in [0.2, 0.25) is 0 Å². The van der Waals surface area contributed by atoms with Crippen LogP contribution in [0.2, 0.25) is 0 Å². The molecule has 4 nitrogen and oxygen atoms in total. The largest absolute Gasteiger partial charge is 0.462 e. The van der Waals surface area contributed by atoms with Gasteiger partial charge in [0.25, 0.3) is 0 Å². The van der Waals surface area contributed by atoms with Gasteiger partial charge in [0.1, 0.15) is 0 Å². The molecule has 0 fully saturated rings. The smallest absolute Gasteiger partial charge is 0.333 e. The Labute approximate surface area is 254 Å². The first-order chi connectivity index (χ1) is 20.8. The predicted molar refractivity (Wildman–Crippen MR) is 174 cm³/mol. The summed E-state index contributed by atoms with van der Waals surface area (Å²) < 4.78 is 11.2. The van der Waals surface area contributed by atoms with Crippen LogP contribution in [0.3, 0.4) is 0 Å². The van der Waals surface area contributed by atoms with E-state index in [1.165, 1.54) is 33.4 Å². The maximum absolute atomic E-state index is 12.2. The summed E-state index contributed by atoms with van der Waals surface area (Å²) in [6, 6.07) is 34.1. The Kier molecular flexibility index (Phi) is 9.06. The van der Waals surface area contributed by atoms with Crippen LogP contribution in [0.1, 0.15) is 50.7 Å².